The van der Waals surface area contributed by atoms with Crippen molar-refractivity contribution in [1.29, 1.82) is 0 Å². The van der Waals surface area contributed by atoms with Gasteiger partial charge in [0.1, 0.15) is 0 Å². The highest BCUT2D eigenvalue weighted by Gasteiger charge is 2.47. The molecule has 0 aliphatic heterocycles. The van der Waals surface area contributed by atoms with E-state index in [2.05, 4.69) is 85.7 Å². The molecule has 6 rings (SSSR count). The van der Waals surface area contributed by atoms with E-state index in [1.54, 1.807) is 11.1 Å². The molecule has 0 unspecified atom stereocenters. The quantitative estimate of drug-likeness (QED) is 0.462. The summed E-state index contributed by atoms with van der Waals surface area (Å²) in [5.41, 5.74) is 13.7. The van der Waals surface area contributed by atoms with Crippen LogP contribution in [0.25, 0.3) is 28.3 Å². The molecule has 0 bridgehead atoms. The van der Waals surface area contributed by atoms with Gasteiger partial charge in [0.15, 0.2) is 0 Å². The van der Waals surface area contributed by atoms with Crippen LogP contribution in [0.15, 0.2) is 66.4 Å². The van der Waals surface area contributed by atoms with Crippen molar-refractivity contribution in [2.75, 3.05) is 14.1 Å². The van der Waals surface area contributed by atoms with Crippen LogP contribution in [-0.4, -0.2) is 19.0 Å². The van der Waals surface area contributed by atoms with E-state index in [9.17, 15) is 0 Å². The fourth-order valence-electron chi connectivity index (χ4n) is 6.54. The summed E-state index contributed by atoms with van der Waals surface area (Å²) in [5.74, 6) is 0. The highest BCUT2D eigenvalue weighted by Crippen LogP contribution is 2.57. The molecular formula is C29H29N. The summed E-state index contributed by atoms with van der Waals surface area (Å²) < 4.78 is 0. The molecule has 0 atom stereocenters. The minimum Gasteiger partial charge on any atom is -0.380 e. The Morgan fingerprint density at radius 3 is 2.30 bits per heavy atom. The van der Waals surface area contributed by atoms with Crippen molar-refractivity contribution in [3.8, 4) is 22.3 Å². The third-order valence-electron chi connectivity index (χ3n) is 7.68. The van der Waals surface area contributed by atoms with Crippen LogP contribution < -0.4 is 0 Å². The minimum atomic E-state index is 0.227. The van der Waals surface area contributed by atoms with E-state index in [4.69, 9.17) is 0 Å². The standard InChI is InChI=1S/C29H29N/c1-30(2)26-19-22-18-25(20-10-4-3-5-11-20)27-23-13-7-6-12-21(23)14-15-24(27)28(22)29(26)16-8-9-17-29/h3-7,10-13,18-19H,8-9,14-17H2,1-2H3. The molecule has 0 aromatic heterocycles. The van der Waals surface area contributed by atoms with Gasteiger partial charge in [0.2, 0.25) is 0 Å². The van der Waals surface area contributed by atoms with Crippen molar-refractivity contribution in [3.63, 3.8) is 0 Å². The first-order valence-electron chi connectivity index (χ1n) is 11.4. The van der Waals surface area contributed by atoms with E-state index < -0.39 is 0 Å². The summed E-state index contributed by atoms with van der Waals surface area (Å²) >= 11 is 0. The first-order chi connectivity index (χ1) is 14.7. The van der Waals surface area contributed by atoms with Crippen LogP contribution in [-0.2, 0) is 18.3 Å². The molecule has 0 N–H and O–H groups in total. The molecule has 3 aromatic rings. The number of hydrogen-bond acceptors (Lipinski definition) is 1. The number of hydrogen-bond donors (Lipinski definition) is 0. The second-order valence-corrected chi connectivity index (χ2v) is 9.48. The maximum atomic E-state index is 2.51. The molecule has 3 aromatic carbocycles. The summed E-state index contributed by atoms with van der Waals surface area (Å²) in [4.78, 5) is 2.39. The number of fused-ring (bicyclic) bond motifs is 6. The zero-order chi connectivity index (χ0) is 20.3. The van der Waals surface area contributed by atoms with Crippen LogP contribution in [0.3, 0.4) is 0 Å². The normalized spacial score (nSPS) is 18.0. The average Bonchev–Trinajstić information content (AvgIpc) is 3.39. The third kappa shape index (κ3) is 2.41. The van der Waals surface area contributed by atoms with E-state index in [0.29, 0.717) is 0 Å². The minimum absolute atomic E-state index is 0.227. The van der Waals surface area contributed by atoms with Gasteiger partial charge in [-0.2, -0.15) is 0 Å². The van der Waals surface area contributed by atoms with Crippen molar-refractivity contribution in [2.45, 2.75) is 43.9 Å². The molecule has 1 saturated carbocycles. The summed E-state index contributed by atoms with van der Waals surface area (Å²) in [7, 11) is 4.47. The van der Waals surface area contributed by atoms with Crippen molar-refractivity contribution < 1.29 is 0 Å². The molecule has 3 aliphatic rings. The SMILES string of the molecule is CN(C)C1=Cc2cc(-c3ccccc3)c3c(c2C12CCCC2)CCc1ccccc1-3. The lowest BCUT2D eigenvalue weighted by molar-refractivity contribution is 0.381. The Kier molecular flexibility index (Phi) is 3.96. The van der Waals surface area contributed by atoms with Gasteiger partial charge in [0.25, 0.3) is 0 Å². The predicted molar refractivity (Wildman–Crippen MR) is 127 cm³/mol. The molecule has 1 nitrogen and oxygen atoms in total. The Hall–Kier alpha value is -2.80. The highest BCUT2D eigenvalue weighted by atomic mass is 15.1. The fourth-order valence-corrected chi connectivity index (χ4v) is 6.54. The smallest absolute Gasteiger partial charge is 0.0361 e. The lowest BCUT2D eigenvalue weighted by Gasteiger charge is -2.37. The third-order valence-corrected chi connectivity index (χ3v) is 7.68. The molecule has 1 spiro atoms. The van der Waals surface area contributed by atoms with Crippen molar-refractivity contribution >= 4 is 6.08 Å². The van der Waals surface area contributed by atoms with Crippen molar-refractivity contribution in [2.24, 2.45) is 0 Å². The topological polar surface area (TPSA) is 3.24 Å². The van der Waals surface area contributed by atoms with Gasteiger partial charge >= 0.3 is 0 Å². The first-order valence-corrected chi connectivity index (χ1v) is 11.4. The lowest BCUT2D eigenvalue weighted by Crippen LogP contribution is -2.32. The largest absolute Gasteiger partial charge is 0.380 e. The lowest BCUT2D eigenvalue weighted by atomic mass is 9.70. The Labute approximate surface area is 180 Å². The molecule has 150 valence electrons. The molecule has 0 amide bonds. The highest BCUT2D eigenvalue weighted by molar-refractivity contribution is 5.93. The van der Waals surface area contributed by atoms with Crippen LogP contribution in [0.2, 0.25) is 0 Å². The van der Waals surface area contributed by atoms with Gasteiger partial charge in [-0.1, -0.05) is 67.4 Å². The average molecular weight is 392 g/mol. The summed E-state index contributed by atoms with van der Waals surface area (Å²) in [6.07, 6.45) is 10.1. The zero-order valence-electron chi connectivity index (χ0n) is 18.0. The summed E-state index contributed by atoms with van der Waals surface area (Å²) in [6.45, 7) is 0. The van der Waals surface area contributed by atoms with Gasteiger partial charge in [-0.15, -0.1) is 0 Å². The van der Waals surface area contributed by atoms with Gasteiger partial charge in [-0.05, 0) is 82.3 Å². The van der Waals surface area contributed by atoms with Crippen molar-refractivity contribution in [1.82, 2.24) is 4.90 Å². The molecule has 3 aliphatic carbocycles. The Balaban J connectivity index is 1.70. The Morgan fingerprint density at radius 2 is 1.53 bits per heavy atom. The molecule has 30 heavy (non-hydrogen) atoms. The molecule has 0 saturated heterocycles. The van der Waals surface area contributed by atoms with Crippen molar-refractivity contribution in [3.05, 3.63) is 88.6 Å². The molecule has 0 radical (unpaired) electrons. The van der Waals surface area contributed by atoms with Gasteiger partial charge in [0.05, 0.1) is 0 Å². The monoisotopic (exact) mass is 391 g/mol. The Morgan fingerprint density at radius 1 is 0.800 bits per heavy atom. The molecule has 1 heteroatoms. The van der Waals surface area contributed by atoms with Crippen LogP contribution in [0.4, 0.5) is 0 Å². The van der Waals surface area contributed by atoms with Gasteiger partial charge < -0.3 is 4.90 Å². The predicted octanol–water partition coefficient (Wildman–Crippen LogP) is 6.85. The van der Waals surface area contributed by atoms with E-state index in [1.807, 2.05) is 0 Å². The van der Waals surface area contributed by atoms with Gasteiger partial charge in [0, 0.05) is 25.2 Å². The van der Waals surface area contributed by atoms with E-state index in [0.717, 1.165) is 12.8 Å². The number of likely N-dealkylation sites (N-methyl/N-ethyl adjacent to an activating group) is 1. The van der Waals surface area contributed by atoms with Gasteiger partial charge in [-0.25, -0.2) is 0 Å². The number of rotatable bonds is 2. The molecular weight excluding hydrogens is 362 g/mol. The molecule has 0 heterocycles. The maximum Gasteiger partial charge on any atom is 0.0361 e. The second-order valence-electron chi connectivity index (χ2n) is 9.48. The van der Waals surface area contributed by atoms with E-state index in [1.165, 1.54) is 64.8 Å². The summed E-state index contributed by atoms with van der Waals surface area (Å²) in [6, 6.07) is 22.6. The Bertz CT molecular complexity index is 1160. The van der Waals surface area contributed by atoms with Crippen LogP contribution in [0.5, 0.6) is 0 Å². The number of nitrogens with zero attached hydrogens (tertiary/aromatic N) is 1. The number of allylic oxidation sites excluding steroid dienone is 1. The fraction of sp³-hybridized carbons (Fsp3) is 0.310. The maximum absolute atomic E-state index is 2.51. The second kappa shape index (κ2) is 6.60. The van der Waals surface area contributed by atoms with E-state index >= 15 is 0 Å². The van der Waals surface area contributed by atoms with Crippen LogP contribution >= 0.6 is 0 Å². The first kappa shape index (κ1) is 18.0. The molecule has 1 fully saturated rings. The zero-order valence-corrected chi connectivity index (χ0v) is 18.0. The van der Waals surface area contributed by atoms with Gasteiger partial charge in [-0.3, -0.25) is 0 Å². The summed E-state index contributed by atoms with van der Waals surface area (Å²) in [5, 5.41) is 0. The van der Waals surface area contributed by atoms with E-state index in [-0.39, 0.29) is 5.41 Å². The van der Waals surface area contributed by atoms with Crippen LogP contribution in [0, 0.1) is 0 Å². The number of benzene rings is 3. The number of aryl methyl sites for hydroxylation is 1. The van der Waals surface area contributed by atoms with Crippen LogP contribution in [0.1, 0.15) is 47.9 Å².